The monoisotopic (exact) mass is 341 g/mol. The molecule has 25 heavy (non-hydrogen) atoms. The van der Waals surface area contributed by atoms with Crippen LogP contribution in [-0.2, 0) is 0 Å². The highest BCUT2D eigenvalue weighted by Gasteiger charge is 2.21. The van der Waals surface area contributed by atoms with E-state index in [1.807, 2.05) is 26.0 Å². The van der Waals surface area contributed by atoms with Gasteiger partial charge in [-0.25, -0.2) is 13.9 Å². The third kappa shape index (κ3) is 3.17. The summed E-state index contributed by atoms with van der Waals surface area (Å²) in [6.45, 7) is 4.73. The molecule has 2 N–H and O–H groups in total. The summed E-state index contributed by atoms with van der Waals surface area (Å²) in [7, 11) is 0. The van der Waals surface area contributed by atoms with Crippen molar-refractivity contribution in [1.82, 2.24) is 14.6 Å². The number of carbonyl (C=O) groups is 1. The van der Waals surface area contributed by atoms with Crippen LogP contribution in [0.5, 0.6) is 0 Å². The molecular formula is C18H20FN5O. The summed E-state index contributed by atoms with van der Waals surface area (Å²) in [6, 6.07) is 10.2. The first kappa shape index (κ1) is 16.9. The van der Waals surface area contributed by atoms with E-state index in [0.717, 1.165) is 12.0 Å². The van der Waals surface area contributed by atoms with Gasteiger partial charge in [-0.3, -0.25) is 4.79 Å². The van der Waals surface area contributed by atoms with Gasteiger partial charge in [-0.1, -0.05) is 19.1 Å². The fourth-order valence-electron chi connectivity index (χ4n) is 3.08. The van der Waals surface area contributed by atoms with Crippen molar-refractivity contribution in [2.45, 2.75) is 26.3 Å². The van der Waals surface area contributed by atoms with Gasteiger partial charge in [-0.05, 0) is 43.2 Å². The largest absolute Gasteiger partial charge is 0.364 e. The summed E-state index contributed by atoms with van der Waals surface area (Å²) in [5, 5.41) is 4.53. The SMILES string of the molecule is CCC(c1cccc(F)c1)N(CC)c1ccc2ncc(C(N)=O)n2n1. The molecular weight excluding hydrogens is 321 g/mol. The number of nitrogens with zero attached hydrogens (tertiary/aromatic N) is 4. The molecule has 1 unspecified atom stereocenters. The normalized spacial score (nSPS) is 12.3. The lowest BCUT2D eigenvalue weighted by Crippen LogP contribution is -2.29. The van der Waals surface area contributed by atoms with Gasteiger partial charge in [-0.15, -0.1) is 5.10 Å². The molecule has 0 aliphatic carbocycles. The second kappa shape index (κ2) is 6.88. The van der Waals surface area contributed by atoms with Crippen LogP contribution in [0.15, 0.2) is 42.6 Å². The van der Waals surface area contributed by atoms with Crippen molar-refractivity contribution in [1.29, 1.82) is 0 Å². The Kier molecular flexibility index (Phi) is 4.65. The number of imidazole rings is 1. The maximum absolute atomic E-state index is 13.6. The molecule has 7 heteroatoms. The molecule has 130 valence electrons. The molecule has 0 radical (unpaired) electrons. The van der Waals surface area contributed by atoms with E-state index in [2.05, 4.69) is 15.0 Å². The zero-order valence-electron chi connectivity index (χ0n) is 14.2. The van der Waals surface area contributed by atoms with Crippen molar-refractivity contribution in [3.05, 3.63) is 59.7 Å². The van der Waals surface area contributed by atoms with Crippen molar-refractivity contribution in [2.24, 2.45) is 5.73 Å². The molecule has 1 aromatic carbocycles. The Morgan fingerprint density at radius 1 is 1.32 bits per heavy atom. The lowest BCUT2D eigenvalue weighted by molar-refractivity contribution is 0.0993. The van der Waals surface area contributed by atoms with Crippen LogP contribution in [0, 0.1) is 5.82 Å². The van der Waals surface area contributed by atoms with Gasteiger partial charge < -0.3 is 10.6 Å². The fourth-order valence-corrected chi connectivity index (χ4v) is 3.08. The van der Waals surface area contributed by atoms with E-state index in [-0.39, 0.29) is 17.6 Å². The molecule has 1 amide bonds. The van der Waals surface area contributed by atoms with Crippen LogP contribution in [0.3, 0.4) is 0 Å². The molecule has 0 aliphatic rings. The molecule has 2 aromatic heterocycles. The zero-order chi connectivity index (χ0) is 18.0. The van der Waals surface area contributed by atoms with Crippen LogP contribution in [0.4, 0.5) is 10.2 Å². The Balaban J connectivity index is 2.06. The van der Waals surface area contributed by atoms with Crippen LogP contribution in [0.25, 0.3) is 5.65 Å². The van der Waals surface area contributed by atoms with Crippen LogP contribution in [-0.4, -0.2) is 27.0 Å². The van der Waals surface area contributed by atoms with Crippen molar-refractivity contribution in [2.75, 3.05) is 11.4 Å². The number of hydrogen-bond acceptors (Lipinski definition) is 4. The molecule has 0 spiro atoms. The van der Waals surface area contributed by atoms with Gasteiger partial charge in [0.05, 0.1) is 12.2 Å². The van der Waals surface area contributed by atoms with Crippen LogP contribution < -0.4 is 10.6 Å². The molecule has 6 nitrogen and oxygen atoms in total. The predicted molar refractivity (Wildman–Crippen MR) is 94.0 cm³/mol. The second-order valence-corrected chi connectivity index (χ2v) is 5.73. The minimum Gasteiger partial charge on any atom is -0.364 e. The number of aromatic nitrogens is 3. The van der Waals surface area contributed by atoms with Gasteiger partial charge in [0, 0.05) is 6.54 Å². The summed E-state index contributed by atoms with van der Waals surface area (Å²) in [6.07, 6.45) is 2.19. The molecule has 0 aliphatic heterocycles. The molecule has 0 saturated carbocycles. The first-order chi connectivity index (χ1) is 12.0. The van der Waals surface area contributed by atoms with Gasteiger partial charge >= 0.3 is 0 Å². The highest BCUT2D eigenvalue weighted by atomic mass is 19.1. The molecule has 3 aromatic rings. The van der Waals surface area contributed by atoms with Gasteiger partial charge in [0.2, 0.25) is 0 Å². The van der Waals surface area contributed by atoms with Gasteiger partial charge in [-0.2, -0.15) is 0 Å². The Hall–Kier alpha value is -2.96. The summed E-state index contributed by atoms with van der Waals surface area (Å²) < 4.78 is 15.1. The lowest BCUT2D eigenvalue weighted by Gasteiger charge is -2.31. The number of halogens is 1. The number of rotatable bonds is 6. The lowest BCUT2D eigenvalue weighted by atomic mass is 10.0. The van der Waals surface area contributed by atoms with Crippen LogP contribution >= 0.6 is 0 Å². The smallest absolute Gasteiger partial charge is 0.269 e. The fraction of sp³-hybridized carbons (Fsp3) is 0.278. The van der Waals surface area contributed by atoms with Crippen molar-refractivity contribution in [3.8, 4) is 0 Å². The molecule has 0 bridgehead atoms. The third-order valence-corrected chi connectivity index (χ3v) is 4.23. The number of anilines is 1. The summed E-state index contributed by atoms with van der Waals surface area (Å²) >= 11 is 0. The zero-order valence-corrected chi connectivity index (χ0v) is 14.2. The summed E-state index contributed by atoms with van der Waals surface area (Å²) in [4.78, 5) is 17.7. The Morgan fingerprint density at radius 2 is 2.12 bits per heavy atom. The summed E-state index contributed by atoms with van der Waals surface area (Å²) in [5.41, 5.74) is 7.04. The minimum absolute atomic E-state index is 0.0359. The minimum atomic E-state index is -0.586. The average Bonchev–Trinajstić information content (AvgIpc) is 3.02. The van der Waals surface area contributed by atoms with E-state index < -0.39 is 5.91 Å². The van der Waals surface area contributed by atoms with Crippen molar-refractivity contribution < 1.29 is 9.18 Å². The number of primary amides is 1. The third-order valence-electron chi connectivity index (χ3n) is 4.23. The molecule has 0 fully saturated rings. The maximum atomic E-state index is 13.6. The van der Waals surface area contributed by atoms with Gasteiger partial charge in [0.1, 0.15) is 17.3 Å². The van der Waals surface area contributed by atoms with E-state index in [1.54, 1.807) is 18.2 Å². The molecule has 2 heterocycles. The Morgan fingerprint density at radius 3 is 2.76 bits per heavy atom. The standard InChI is InChI=1S/C18H20FN5O/c1-3-14(12-6-5-7-13(19)10-12)23(4-2)17-9-8-16-21-11-15(18(20)25)24(16)22-17/h5-11,14H,3-4H2,1-2H3,(H2,20,25). The van der Waals surface area contributed by atoms with E-state index in [1.165, 1.54) is 16.8 Å². The van der Waals surface area contributed by atoms with E-state index in [4.69, 9.17) is 5.73 Å². The van der Waals surface area contributed by atoms with Crippen LogP contribution in [0.2, 0.25) is 0 Å². The van der Waals surface area contributed by atoms with Crippen LogP contribution in [0.1, 0.15) is 42.4 Å². The molecule has 0 saturated heterocycles. The topological polar surface area (TPSA) is 76.5 Å². The van der Waals surface area contributed by atoms with E-state index in [9.17, 15) is 9.18 Å². The van der Waals surface area contributed by atoms with Gasteiger partial charge in [0.15, 0.2) is 5.65 Å². The highest BCUT2D eigenvalue weighted by Crippen LogP contribution is 2.29. The number of benzene rings is 1. The Bertz CT molecular complexity index is 907. The van der Waals surface area contributed by atoms with Crippen molar-refractivity contribution >= 4 is 17.4 Å². The predicted octanol–water partition coefficient (Wildman–Crippen LogP) is 2.94. The Labute approximate surface area is 145 Å². The summed E-state index contributed by atoms with van der Waals surface area (Å²) in [5.74, 6) is -0.176. The first-order valence-corrected chi connectivity index (χ1v) is 8.21. The number of hydrogen-bond donors (Lipinski definition) is 1. The van der Waals surface area contributed by atoms with E-state index in [0.29, 0.717) is 18.0 Å². The quantitative estimate of drug-likeness (QED) is 0.748. The van der Waals surface area contributed by atoms with E-state index >= 15 is 0 Å². The maximum Gasteiger partial charge on any atom is 0.269 e. The number of amides is 1. The number of nitrogens with two attached hydrogens (primary N) is 1. The average molecular weight is 341 g/mol. The highest BCUT2D eigenvalue weighted by molar-refractivity contribution is 5.91. The number of carbonyl (C=O) groups excluding carboxylic acids is 1. The van der Waals surface area contributed by atoms with Gasteiger partial charge in [0.25, 0.3) is 5.91 Å². The first-order valence-electron chi connectivity index (χ1n) is 8.21. The molecule has 3 rings (SSSR count). The second-order valence-electron chi connectivity index (χ2n) is 5.73. The number of fused-ring (bicyclic) bond motifs is 1. The molecule has 1 atom stereocenters. The van der Waals surface area contributed by atoms with Crippen molar-refractivity contribution in [3.63, 3.8) is 0 Å².